The molecule has 23 heavy (non-hydrogen) atoms. The fourth-order valence-electron chi connectivity index (χ4n) is 2.94. The van der Waals surface area contributed by atoms with E-state index in [2.05, 4.69) is 38.3 Å². The molecule has 3 nitrogen and oxygen atoms in total. The summed E-state index contributed by atoms with van der Waals surface area (Å²) >= 11 is 0. The monoisotopic (exact) mass is 326 g/mol. The molecule has 138 valence electrons. The van der Waals surface area contributed by atoms with Crippen LogP contribution in [0.2, 0.25) is 0 Å². The van der Waals surface area contributed by atoms with Crippen molar-refractivity contribution in [2.45, 2.75) is 104 Å². The van der Waals surface area contributed by atoms with E-state index in [1.54, 1.807) is 0 Å². The average Bonchev–Trinajstić information content (AvgIpc) is 2.57. The predicted molar refractivity (Wildman–Crippen MR) is 102 cm³/mol. The van der Waals surface area contributed by atoms with Crippen LogP contribution in [0, 0.1) is 5.92 Å². The maximum absolute atomic E-state index is 12.6. The van der Waals surface area contributed by atoms with Gasteiger partial charge in [-0.3, -0.25) is 4.79 Å². The highest BCUT2D eigenvalue weighted by Gasteiger charge is 2.18. The summed E-state index contributed by atoms with van der Waals surface area (Å²) in [5, 5.41) is 6.72. The first kappa shape index (κ1) is 22.4. The van der Waals surface area contributed by atoms with Crippen LogP contribution in [0.1, 0.15) is 98.3 Å². The molecule has 1 amide bonds. The van der Waals surface area contributed by atoms with Gasteiger partial charge in [0.15, 0.2) is 0 Å². The molecule has 0 rings (SSSR count). The first-order chi connectivity index (χ1) is 11.2. The lowest BCUT2D eigenvalue weighted by molar-refractivity contribution is -0.125. The molecule has 3 heteroatoms. The first-order valence-corrected chi connectivity index (χ1v) is 10.2. The van der Waals surface area contributed by atoms with Crippen LogP contribution in [-0.4, -0.2) is 25.0 Å². The van der Waals surface area contributed by atoms with Crippen molar-refractivity contribution in [1.29, 1.82) is 0 Å². The molecule has 0 radical (unpaired) electrons. The number of nitrogens with one attached hydrogen (secondary N) is 2. The summed E-state index contributed by atoms with van der Waals surface area (Å²) in [5.41, 5.74) is 0. The summed E-state index contributed by atoms with van der Waals surface area (Å²) < 4.78 is 0. The van der Waals surface area contributed by atoms with Gasteiger partial charge in [0.05, 0.1) is 0 Å². The second-order valence-corrected chi connectivity index (χ2v) is 6.85. The highest BCUT2D eigenvalue weighted by Crippen LogP contribution is 2.18. The minimum Gasteiger partial charge on any atom is -0.354 e. The van der Waals surface area contributed by atoms with Crippen LogP contribution >= 0.6 is 0 Å². The van der Waals surface area contributed by atoms with Crippen molar-refractivity contribution in [3.63, 3.8) is 0 Å². The molecule has 0 aromatic rings. The van der Waals surface area contributed by atoms with E-state index in [4.69, 9.17) is 0 Å². The third-order valence-corrected chi connectivity index (χ3v) is 4.63. The quantitative estimate of drug-likeness (QED) is 0.390. The summed E-state index contributed by atoms with van der Waals surface area (Å²) in [5.74, 6) is 0.511. The van der Waals surface area contributed by atoms with Gasteiger partial charge in [0.2, 0.25) is 5.91 Å². The molecular formula is C20H42N2O. The molecule has 0 aromatic heterocycles. The molecular weight excluding hydrogens is 284 g/mol. The highest BCUT2D eigenvalue weighted by molar-refractivity contribution is 5.78. The van der Waals surface area contributed by atoms with Crippen LogP contribution in [-0.2, 0) is 4.79 Å². The van der Waals surface area contributed by atoms with E-state index in [0.29, 0.717) is 6.04 Å². The molecule has 0 aliphatic carbocycles. The molecule has 0 saturated carbocycles. The second-order valence-electron chi connectivity index (χ2n) is 6.85. The van der Waals surface area contributed by atoms with Gasteiger partial charge in [0.1, 0.15) is 0 Å². The normalized spacial score (nSPS) is 13.7. The summed E-state index contributed by atoms with van der Waals surface area (Å²) in [4.78, 5) is 12.6. The zero-order chi connectivity index (χ0) is 17.3. The van der Waals surface area contributed by atoms with Crippen molar-refractivity contribution >= 4 is 5.91 Å². The molecule has 2 N–H and O–H groups in total. The van der Waals surface area contributed by atoms with Crippen LogP contribution in [0.5, 0.6) is 0 Å². The lowest BCUT2D eigenvalue weighted by atomic mass is 9.94. The summed E-state index contributed by atoms with van der Waals surface area (Å²) in [7, 11) is 0. The van der Waals surface area contributed by atoms with Gasteiger partial charge in [0.25, 0.3) is 0 Å². The van der Waals surface area contributed by atoms with Crippen molar-refractivity contribution in [3.05, 3.63) is 0 Å². The van der Waals surface area contributed by atoms with Crippen molar-refractivity contribution in [2.75, 3.05) is 13.1 Å². The van der Waals surface area contributed by atoms with Crippen molar-refractivity contribution < 1.29 is 4.79 Å². The fraction of sp³-hybridized carbons (Fsp3) is 0.950. The highest BCUT2D eigenvalue weighted by atomic mass is 16.1. The van der Waals surface area contributed by atoms with Gasteiger partial charge in [-0.1, -0.05) is 72.6 Å². The standard InChI is InChI=1S/C20H42N2O/c1-5-9-11-13-15-18(14-12-10-6-2)20(23)22-17-19(8-4)21-16-7-3/h18-19,21H,5-17H2,1-4H3,(H,22,23)/t18?,19-/m0/s1. The van der Waals surface area contributed by atoms with Gasteiger partial charge in [-0.15, -0.1) is 0 Å². The number of hydrogen-bond acceptors (Lipinski definition) is 2. The van der Waals surface area contributed by atoms with Gasteiger partial charge in [0, 0.05) is 18.5 Å². The molecule has 0 fully saturated rings. The predicted octanol–water partition coefficient (Wildman–Crippen LogP) is 5.05. The molecule has 2 atom stereocenters. The zero-order valence-electron chi connectivity index (χ0n) is 16.3. The van der Waals surface area contributed by atoms with Gasteiger partial charge < -0.3 is 10.6 Å². The molecule has 1 unspecified atom stereocenters. The maximum Gasteiger partial charge on any atom is 0.223 e. The molecule has 0 aromatic carbocycles. The van der Waals surface area contributed by atoms with Crippen LogP contribution in [0.15, 0.2) is 0 Å². The van der Waals surface area contributed by atoms with Crippen molar-refractivity contribution in [1.82, 2.24) is 10.6 Å². The number of unbranched alkanes of at least 4 members (excludes halogenated alkanes) is 5. The number of hydrogen-bond donors (Lipinski definition) is 2. The van der Waals surface area contributed by atoms with Crippen LogP contribution in [0.3, 0.4) is 0 Å². The van der Waals surface area contributed by atoms with E-state index < -0.39 is 0 Å². The third kappa shape index (κ3) is 12.5. The Kier molecular flexibility index (Phi) is 15.9. The molecule has 0 heterocycles. The Morgan fingerprint density at radius 1 is 0.826 bits per heavy atom. The molecule has 0 saturated heterocycles. The third-order valence-electron chi connectivity index (χ3n) is 4.63. The fourth-order valence-corrected chi connectivity index (χ4v) is 2.94. The van der Waals surface area contributed by atoms with Crippen molar-refractivity contribution in [2.24, 2.45) is 5.92 Å². The van der Waals surface area contributed by atoms with Gasteiger partial charge in [-0.25, -0.2) is 0 Å². The van der Waals surface area contributed by atoms with Crippen molar-refractivity contribution in [3.8, 4) is 0 Å². The molecule has 0 bridgehead atoms. The van der Waals surface area contributed by atoms with E-state index in [9.17, 15) is 4.79 Å². The molecule has 0 aliphatic heterocycles. The van der Waals surface area contributed by atoms with Crippen LogP contribution < -0.4 is 10.6 Å². The Bertz CT molecular complexity index is 268. The summed E-state index contributed by atoms with van der Waals surface area (Å²) in [6.45, 7) is 10.6. The largest absolute Gasteiger partial charge is 0.354 e. The Labute approximate surface area is 145 Å². The van der Waals surface area contributed by atoms with E-state index in [0.717, 1.165) is 38.8 Å². The summed E-state index contributed by atoms with van der Waals surface area (Å²) in [6, 6.07) is 0.412. The van der Waals surface area contributed by atoms with Gasteiger partial charge >= 0.3 is 0 Å². The lowest BCUT2D eigenvalue weighted by Gasteiger charge is -2.21. The average molecular weight is 327 g/mol. The van der Waals surface area contributed by atoms with E-state index >= 15 is 0 Å². The zero-order valence-corrected chi connectivity index (χ0v) is 16.3. The van der Waals surface area contributed by atoms with Gasteiger partial charge in [-0.05, 0) is 32.2 Å². The number of rotatable bonds is 16. The summed E-state index contributed by atoms with van der Waals surface area (Å²) in [6.07, 6.45) is 13.0. The van der Waals surface area contributed by atoms with Crippen LogP contribution in [0.25, 0.3) is 0 Å². The van der Waals surface area contributed by atoms with Gasteiger partial charge in [-0.2, -0.15) is 0 Å². The molecule has 0 spiro atoms. The van der Waals surface area contributed by atoms with E-state index in [1.165, 1.54) is 44.9 Å². The maximum atomic E-state index is 12.6. The lowest BCUT2D eigenvalue weighted by Crippen LogP contribution is -2.42. The topological polar surface area (TPSA) is 41.1 Å². The Hall–Kier alpha value is -0.570. The Morgan fingerprint density at radius 3 is 2.00 bits per heavy atom. The number of carbonyl (C=O) groups is 1. The second kappa shape index (κ2) is 16.3. The minimum atomic E-state index is 0.224. The SMILES string of the molecule is CCCCCCC(CCCCC)C(=O)NC[C@H](CC)NCCC. The number of amides is 1. The van der Waals surface area contributed by atoms with E-state index in [1.807, 2.05) is 0 Å². The van der Waals surface area contributed by atoms with Crippen LogP contribution in [0.4, 0.5) is 0 Å². The smallest absolute Gasteiger partial charge is 0.223 e. The Morgan fingerprint density at radius 2 is 1.43 bits per heavy atom. The molecule has 0 aliphatic rings. The van der Waals surface area contributed by atoms with E-state index in [-0.39, 0.29) is 11.8 Å². The number of carbonyl (C=O) groups excluding carboxylic acids is 1. The Balaban J connectivity index is 4.22. The first-order valence-electron chi connectivity index (χ1n) is 10.2. The minimum absolute atomic E-state index is 0.224.